The maximum atomic E-state index is 4.49. The van der Waals surface area contributed by atoms with Crippen molar-refractivity contribution in [3.05, 3.63) is 24.0 Å². The molecular weight excluding hydrogens is 228 g/mol. The van der Waals surface area contributed by atoms with Crippen LogP contribution in [-0.4, -0.2) is 30.9 Å². The topological polar surface area (TPSA) is 60.6 Å². The molecule has 0 unspecified atom stereocenters. The smallest absolute Gasteiger partial charge is 0.203 e. The molecule has 0 fully saturated rings. The molecule has 0 saturated carbocycles. The fourth-order valence-corrected chi connectivity index (χ4v) is 1.79. The van der Waals surface area contributed by atoms with E-state index in [1.54, 1.807) is 6.33 Å². The Labute approximate surface area is 107 Å². The number of unbranched alkanes of at least 4 members (excludes halogenated alkanes) is 1. The van der Waals surface area contributed by atoms with Crippen molar-refractivity contribution < 1.29 is 0 Å². The lowest BCUT2D eigenvalue weighted by Crippen LogP contribution is -2.11. The summed E-state index contributed by atoms with van der Waals surface area (Å²) in [5, 5.41) is 11.3. The molecule has 0 aliphatic carbocycles. The van der Waals surface area contributed by atoms with E-state index < -0.39 is 0 Å². The van der Waals surface area contributed by atoms with Gasteiger partial charge in [0, 0.05) is 19.8 Å². The SMILES string of the molecule is CCCCNc1nc(C)cn1Cc1nncn1C. The summed E-state index contributed by atoms with van der Waals surface area (Å²) >= 11 is 0. The van der Waals surface area contributed by atoms with E-state index >= 15 is 0 Å². The fourth-order valence-electron chi connectivity index (χ4n) is 1.79. The highest BCUT2D eigenvalue weighted by atomic mass is 15.3. The molecule has 0 saturated heterocycles. The van der Waals surface area contributed by atoms with Crippen LogP contribution in [0.25, 0.3) is 0 Å². The van der Waals surface area contributed by atoms with Crippen molar-refractivity contribution in [3.8, 4) is 0 Å². The van der Waals surface area contributed by atoms with E-state index in [9.17, 15) is 0 Å². The van der Waals surface area contributed by atoms with Gasteiger partial charge in [0.05, 0.1) is 12.2 Å². The van der Waals surface area contributed by atoms with Crippen molar-refractivity contribution in [2.45, 2.75) is 33.2 Å². The first-order chi connectivity index (χ1) is 8.70. The summed E-state index contributed by atoms with van der Waals surface area (Å²) < 4.78 is 4.00. The molecule has 0 atom stereocenters. The average Bonchev–Trinajstić information content (AvgIpc) is 2.88. The zero-order chi connectivity index (χ0) is 13.0. The first kappa shape index (κ1) is 12.6. The zero-order valence-corrected chi connectivity index (χ0v) is 11.2. The van der Waals surface area contributed by atoms with Gasteiger partial charge in [-0.15, -0.1) is 10.2 Å². The van der Waals surface area contributed by atoms with Gasteiger partial charge in [-0.05, 0) is 13.3 Å². The lowest BCUT2D eigenvalue weighted by molar-refractivity contribution is 0.696. The lowest BCUT2D eigenvalue weighted by Gasteiger charge is -2.08. The van der Waals surface area contributed by atoms with E-state index in [-0.39, 0.29) is 0 Å². The Morgan fingerprint density at radius 3 is 2.89 bits per heavy atom. The minimum Gasteiger partial charge on any atom is -0.356 e. The molecule has 0 spiro atoms. The predicted octanol–water partition coefficient (Wildman–Crippen LogP) is 1.58. The molecule has 2 rings (SSSR count). The van der Waals surface area contributed by atoms with Crippen LogP contribution < -0.4 is 5.32 Å². The van der Waals surface area contributed by atoms with Gasteiger partial charge in [0.25, 0.3) is 0 Å². The summed E-state index contributed by atoms with van der Waals surface area (Å²) in [7, 11) is 1.95. The van der Waals surface area contributed by atoms with E-state index in [2.05, 4.69) is 32.0 Å². The van der Waals surface area contributed by atoms with Gasteiger partial charge < -0.3 is 14.5 Å². The Kier molecular flexibility index (Phi) is 3.96. The summed E-state index contributed by atoms with van der Waals surface area (Å²) in [6.45, 7) is 5.81. The summed E-state index contributed by atoms with van der Waals surface area (Å²) in [5.74, 6) is 1.83. The third-order valence-electron chi connectivity index (χ3n) is 2.83. The summed E-state index contributed by atoms with van der Waals surface area (Å²) in [6, 6.07) is 0. The van der Waals surface area contributed by atoms with Crippen LogP contribution in [0, 0.1) is 6.92 Å². The minimum absolute atomic E-state index is 0.686. The van der Waals surface area contributed by atoms with Crippen LogP contribution in [0.5, 0.6) is 0 Å². The number of hydrogen-bond donors (Lipinski definition) is 1. The highest BCUT2D eigenvalue weighted by Gasteiger charge is 2.08. The number of aryl methyl sites for hydroxylation is 2. The first-order valence-corrected chi connectivity index (χ1v) is 6.31. The average molecular weight is 248 g/mol. The number of imidazole rings is 1. The van der Waals surface area contributed by atoms with Gasteiger partial charge in [-0.3, -0.25) is 0 Å². The number of nitrogens with zero attached hydrogens (tertiary/aromatic N) is 5. The Morgan fingerprint density at radius 1 is 1.39 bits per heavy atom. The summed E-state index contributed by atoms with van der Waals surface area (Å²) in [4.78, 5) is 4.49. The van der Waals surface area contributed by atoms with Gasteiger partial charge in [0.1, 0.15) is 6.33 Å². The first-order valence-electron chi connectivity index (χ1n) is 6.31. The van der Waals surface area contributed by atoms with E-state index in [4.69, 9.17) is 0 Å². The Balaban J connectivity index is 2.09. The van der Waals surface area contributed by atoms with Gasteiger partial charge in [0.2, 0.25) is 5.95 Å². The van der Waals surface area contributed by atoms with Gasteiger partial charge in [-0.2, -0.15) is 0 Å². The molecule has 0 amide bonds. The Bertz CT molecular complexity index is 498. The van der Waals surface area contributed by atoms with Crippen molar-refractivity contribution in [1.29, 1.82) is 0 Å². The maximum Gasteiger partial charge on any atom is 0.203 e. The molecule has 0 bridgehead atoms. The molecule has 0 aliphatic heterocycles. The van der Waals surface area contributed by atoms with Crippen LogP contribution in [0.1, 0.15) is 31.3 Å². The van der Waals surface area contributed by atoms with Crippen molar-refractivity contribution in [1.82, 2.24) is 24.3 Å². The van der Waals surface area contributed by atoms with Crippen LogP contribution >= 0.6 is 0 Å². The van der Waals surface area contributed by atoms with Crippen LogP contribution in [0.15, 0.2) is 12.5 Å². The van der Waals surface area contributed by atoms with Crippen molar-refractivity contribution in [2.24, 2.45) is 7.05 Å². The molecule has 1 N–H and O–H groups in total. The molecule has 2 aromatic heterocycles. The standard InChI is InChI=1S/C12H20N6/c1-4-5-6-13-12-15-10(2)7-18(12)8-11-16-14-9-17(11)3/h7,9H,4-6,8H2,1-3H3,(H,13,15). The Hall–Kier alpha value is -1.85. The van der Waals surface area contributed by atoms with Gasteiger partial charge >= 0.3 is 0 Å². The molecule has 2 aromatic rings. The fraction of sp³-hybridized carbons (Fsp3) is 0.583. The molecule has 18 heavy (non-hydrogen) atoms. The zero-order valence-electron chi connectivity index (χ0n) is 11.2. The third kappa shape index (κ3) is 2.88. The lowest BCUT2D eigenvalue weighted by atomic mass is 10.3. The largest absolute Gasteiger partial charge is 0.356 e. The number of anilines is 1. The molecular formula is C12H20N6. The molecule has 6 heteroatoms. The second kappa shape index (κ2) is 5.66. The third-order valence-corrected chi connectivity index (χ3v) is 2.83. The van der Waals surface area contributed by atoms with E-state index in [0.29, 0.717) is 6.54 Å². The monoisotopic (exact) mass is 248 g/mol. The minimum atomic E-state index is 0.686. The number of hydrogen-bond acceptors (Lipinski definition) is 4. The number of nitrogens with one attached hydrogen (secondary N) is 1. The van der Waals surface area contributed by atoms with Crippen molar-refractivity contribution in [2.75, 3.05) is 11.9 Å². The van der Waals surface area contributed by atoms with Gasteiger partial charge in [-0.1, -0.05) is 13.3 Å². The van der Waals surface area contributed by atoms with E-state index in [1.165, 1.54) is 6.42 Å². The molecule has 0 aromatic carbocycles. The predicted molar refractivity (Wildman–Crippen MR) is 70.5 cm³/mol. The van der Waals surface area contributed by atoms with Crippen LogP contribution in [0.2, 0.25) is 0 Å². The van der Waals surface area contributed by atoms with Crippen molar-refractivity contribution >= 4 is 5.95 Å². The molecule has 2 heterocycles. The molecule has 6 nitrogen and oxygen atoms in total. The summed E-state index contributed by atoms with van der Waals surface area (Å²) in [5.41, 5.74) is 1.01. The van der Waals surface area contributed by atoms with Crippen LogP contribution in [0.4, 0.5) is 5.95 Å². The van der Waals surface area contributed by atoms with Crippen LogP contribution in [-0.2, 0) is 13.6 Å². The number of aromatic nitrogens is 5. The normalized spacial score (nSPS) is 10.8. The van der Waals surface area contributed by atoms with Gasteiger partial charge in [-0.25, -0.2) is 4.98 Å². The van der Waals surface area contributed by atoms with Crippen LogP contribution in [0.3, 0.4) is 0 Å². The van der Waals surface area contributed by atoms with Crippen molar-refractivity contribution in [3.63, 3.8) is 0 Å². The quantitative estimate of drug-likeness (QED) is 0.788. The second-order valence-electron chi connectivity index (χ2n) is 4.47. The molecule has 0 aliphatic rings. The van der Waals surface area contributed by atoms with Gasteiger partial charge in [0.15, 0.2) is 5.82 Å². The van der Waals surface area contributed by atoms with E-state index in [0.717, 1.165) is 30.4 Å². The Morgan fingerprint density at radius 2 is 2.22 bits per heavy atom. The number of rotatable bonds is 6. The highest BCUT2D eigenvalue weighted by Crippen LogP contribution is 2.10. The van der Waals surface area contributed by atoms with E-state index in [1.807, 2.05) is 24.7 Å². The highest BCUT2D eigenvalue weighted by molar-refractivity contribution is 5.29. The maximum absolute atomic E-state index is 4.49. The molecule has 0 radical (unpaired) electrons. The molecule has 98 valence electrons. The second-order valence-corrected chi connectivity index (χ2v) is 4.47. The summed E-state index contributed by atoms with van der Waals surface area (Å²) in [6.07, 6.45) is 6.07.